The van der Waals surface area contributed by atoms with Gasteiger partial charge in [0.15, 0.2) is 0 Å². The fraction of sp³-hybridized carbons (Fsp3) is 0. The van der Waals surface area contributed by atoms with Crippen molar-refractivity contribution in [3.8, 4) is 0 Å². The van der Waals surface area contributed by atoms with Crippen LogP contribution in [-0.4, -0.2) is 9.97 Å². The van der Waals surface area contributed by atoms with Gasteiger partial charge in [-0.2, -0.15) is 4.55 Å². The molecule has 0 saturated carbocycles. The summed E-state index contributed by atoms with van der Waals surface area (Å²) in [6.45, 7) is 0. The number of hydrogen-bond acceptors (Lipinski definition) is 3. The van der Waals surface area contributed by atoms with E-state index >= 15 is 0 Å². The fourth-order valence-corrected chi connectivity index (χ4v) is 0.253. The lowest BCUT2D eigenvalue weighted by molar-refractivity contribution is 0.545. The Morgan fingerprint density at radius 2 is 1.62 bits per heavy atom. The summed E-state index contributed by atoms with van der Waals surface area (Å²) in [5.74, 6) is 0. The molecule has 1 radical (unpaired) electrons. The van der Waals surface area contributed by atoms with Gasteiger partial charge in [-0.1, -0.05) is 0 Å². The molecule has 1 rings (SSSR count). The second-order valence-electron chi connectivity index (χ2n) is 0.904. The quantitative estimate of drug-likeness (QED) is 0.414. The Balaban J connectivity index is 0.000000222. The molecule has 3 nitrogen and oxygen atoms in total. The highest BCUT2D eigenvalue weighted by Crippen LogP contribution is 1.66. The first-order chi connectivity index (χ1) is 4.00. The Labute approximate surface area is 53.0 Å². The van der Waals surface area contributed by atoms with Crippen LogP contribution in [0.5, 0.6) is 0 Å². The normalized spacial score (nSPS) is 6.75. The van der Waals surface area contributed by atoms with Crippen LogP contribution < -0.4 is 0 Å². The first-order valence-corrected chi connectivity index (χ1v) is 2.25. The lowest BCUT2D eigenvalue weighted by Gasteiger charge is -1.70. The van der Waals surface area contributed by atoms with Gasteiger partial charge in [0, 0.05) is 25.3 Å². The van der Waals surface area contributed by atoms with Gasteiger partial charge in [-0.25, -0.2) is 9.97 Å². The number of rotatable bonds is 0. The molecule has 0 aromatic carbocycles. The molecule has 0 N–H and O–H groups in total. The third kappa shape index (κ3) is 3.58. The molecule has 0 bridgehead atoms. The molecule has 8 heavy (non-hydrogen) atoms. The summed E-state index contributed by atoms with van der Waals surface area (Å²) in [6.07, 6.45) is 4.88. The van der Waals surface area contributed by atoms with Crippen LogP contribution in [0.4, 0.5) is 0 Å². The number of thiol groups is 1. The molecule has 0 aliphatic carbocycles. The summed E-state index contributed by atoms with van der Waals surface area (Å²) in [5, 5.41) is 0. The van der Waals surface area contributed by atoms with Crippen LogP contribution in [0.1, 0.15) is 0 Å². The monoisotopic (exact) mass is 129 g/mol. The van der Waals surface area contributed by atoms with Gasteiger partial charge < -0.3 is 0 Å². The molecule has 0 saturated heterocycles. The van der Waals surface area contributed by atoms with Gasteiger partial charge in [0.25, 0.3) is 0 Å². The van der Waals surface area contributed by atoms with E-state index in [0.29, 0.717) is 0 Å². The number of nitrogens with zero attached hydrogens (tertiary/aromatic N) is 2. The van der Waals surface area contributed by atoms with Crippen molar-refractivity contribution < 1.29 is 4.55 Å². The van der Waals surface area contributed by atoms with Crippen LogP contribution in [0.3, 0.4) is 0 Å². The number of aromatic nitrogens is 2. The third-order valence-corrected chi connectivity index (χ3v) is 0.478. The minimum Gasteiger partial charge on any atom is -0.245 e. The second-order valence-corrected chi connectivity index (χ2v) is 0.904. The molecule has 0 atom stereocenters. The van der Waals surface area contributed by atoms with E-state index in [4.69, 9.17) is 4.55 Å². The topological polar surface area (TPSA) is 45.7 Å². The second kappa shape index (κ2) is 6.39. The summed E-state index contributed by atoms with van der Waals surface area (Å²) in [5.41, 5.74) is 0. The van der Waals surface area contributed by atoms with E-state index in [1.165, 1.54) is 6.33 Å². The highest BCUT2D eigenvalue weighted by atomic mass is 32.1. The zero-order chi connectivity index (χ0) is 6.24. The summed E-state index contributed by atoms with van der Waals surface area (Å²) in [4.78, 5) is 7.35. The van der Waals surface area contributed by atoms with Crippen molar-refractivity contribution in [2.45, 2.75) is 0 Å². The van der Waals surface area contributed by atoms with E-state index in [0.717, 1.165) is 0 Å². The smallest absolute Gasteiger partial charge is 0.115 e. The SMILES string of the molecule is [O]S.c1cncnc1. The van der Waals surface area contributed by atoms with Crippen LogP contribution in [0.2, 0.25) is 0 Å². The van der Waals surface area contributed by atoms with E-state index in [2.05, 4.69) is 22.9 Å². The first-order valence-electron chi connectivity index (χ1n) is 1.88. The summed E-state index contributed by atoms with van der Waals surface area (Å²) in [6, 6.07) is 1.78. The first kappa shape index (κ1) is 7.39. The molecule has 0 unspecified atom stereocenters. The van der Waals surface area contributed by atoms with Gasteiger partial charge in [0.05, 0.1) is 0 Å². The molecule has 0 fully saturated rings. The maximum atomic E-state index is 7.94. The molecular formula is C4H5N2OS. The molecule has 0 spiro atoms. The van der Waals surface area contributed by atoms with Crippen molar-refractivity contribution >= 4 is 12.9 Å². The van der Waals surface area contributed by atoms with Crippen molar-refractivity contribution in [3.05, 3.63) is 24.8 Å². The predicted octanol–water partition coefficient (Wildman–Crippen LogP) is 0.738. The predicted molar refractivity (Wildman–Crippen MR) is 31.7 cm³/mol. The average Bonchev–Trinajstić information content (AvgIpc) is 1.96. The van der Waals surface area contributed by atoms with Crippen LogP contribution in [0.15, 0.2) is 24.8 Å². The summed E-state index contributed by atoms with van der Waals surface area (Å²) >= 11 is 2.28. The molecule has 1 aromatic rings. The maximum absolute atomic E-state index is 7.94. The van der Waals surface area contributed by atoms with Gasteiger partial charge >= 0.3 is 0 Å². The largest absolute Gasteiger partial charge is 0.245 e. The molecule has 0 amide bonds. The lowest BCUT2D eigenvalue weighted by atomic mass is 10.7. The Hall–Kier alpha value is -0.610. The zero-order valence-corrected chi connectivity index (χ0v) is 4.95. The minimum atomic E-state index is 1.50. The van der Waals surface area contributed by atoms with Crippen molar-refractivity contribution in [2.24, 2.45) is 0 Å². The van der Waals surface area contributed by atoms with Gasteiger partial charge in [-0.3, -0.25) is 0 Å². The zero-order valence-electron chi connectivity index (χ0n) is 4.06. The van der Waals surface area contributed by atoms with Crippen molar-refractivity contribution in [3.63, 3.8) is 0 Å². The molecular weight excluding hydrogens is 124 g/mol. The highest BCUT2D eigenvalue weighted by molar-refractivity contribution is 7.73. The van der Waals surface area contributed by atoms with Crippen molar-refractivity contribution in [1.82, 2.24) is 9.97 Å². The molecule has 43 valence electrons. The van der Waals surface area contributed by atoms with E-state index in [1.54, 1.807) is 18.5 Å². The van der Waals surface area contributed by atoms with Crippen LogP contribution in [0, 0.1) is 0 Å². The Morgan fingerprint density at radius 1 is 1.12 bits per heavy atom. The maximum Gasteiger partial charge on any atom is 0.115 e. The van der Waals surface area contributed by atoms with Crippen LogP contribution >= 0.6 is 12.9 Å². The van der Waals surface area contributed by atoms with Crippen molar-refractivity contribution in [1.29, 1.82) is 0 Å². The summed E-state index contributed by atoms with van der Waals surface area (Å²) in [7, 11) is 0. The molecule has 1 aromatic heterocycles. The molecule has 0 aliphatic rings. The minimum absolute atomic E-state index is 1.50. The van der Waals surface area contributed by atoms with E-state index < -0.39 is 0 Å². The fourth-order valence-electron chi connectivity index (χ4n) is 0.253. The highest BCUT2D eigenvalue weighted by Gasteiger charge is 1.59. The van der Waals surface area contributed by atoms with Gasteiger partial charge in [0.1, 0.15) is 6.33 Å². The average molecular weight is 129 g/mol. The Morgan fingerprint density at radius 3 is 1.75 bits per heavy atom. The molecule has 4 heteroatoms. The van der Waals surface area contributed by atoms with E-state index in [-0.39, 0.29) is 0 Å². The lowest BCUT2D eigenvalue weighted by Crippen LogP contribution is -1.66. The Kier molecular flexibility index (Phi) is 5.90. The summed E-state index contributed by atoms with van der Waals surface area (Å²) < 4.78 is 7.94. The van der Waals surface area contributed by atoms with Gasteiger partial charge in [0.2, 0.25) is 0 Å². The van der Waals surface area contributed by atoms with Gasteiger partial charge in [-0.05, 0) is 6.07 Å². The van der Waals surface area contributed by atoms with Crippen LogP contribution in [0.25, 0.3) is 0 Å². The van der Waals surface area contributed by atoms with E-state index in [9.17, 15) is 0 Å². The van der Waals surface area contributed by atoms with E-state index in [1.807, 2.05) is 0 Å². The third-order valence-electron chi connectivity index (χ3n) is 0.478. The molecule has 1 heterocycles. The Bertz CT molecular complexity index is 86.0. The van der Waals surface area contributed by atoms with Crippen LogP contribution in [-0.2, 0) is 4.55 Å². The molecule has 0 aliphatic heterocycles. The van der Waals surface area contributed by atoms with Gasteiger partial charge in [-0.15, -0.1) is 0 Å². The number of hydrogen-bond donors (Lipinski definition) is 1. The van der Waals surface area contributed by atoms with Crippen molar-refractivity contribution in [2.75, 3.05) is 0 Å². The standard InChI is InChI=1S/C4H4N2.HOS/c1-2-5-4-6-3-1;1-2/h1-4H;2H.